The van der Waals surface area contributed by atoms with Crippen LogP contribution in [-0.2, 0) is 17.8 Å². The SMILES string of the molecule is CC(C)(Oc1ccc(Cl)cc1)C(=O)NCCCN1CCc2ccccc2C1. The number of carbonyl (C=O) groups excluding carboxylic acids is 1. The fourth-order valence-electron chi connectivity index (χ4n) is 3.31. The lowest BCUT2D eigenvalue weighted by atomic mass is 10.00. The Balaban J connectivity index is 1.41. The fraction of sp³-hybridized carbons (Fsp3) is 0.409. The zero-order valence-electron chi connectivity index (χ0n) is 16.0. The van der Waals surface area contributed by atoms with Crippen molar-refractivity contribution >= 4 is 17.5 Å². The molecule has 0 aromatic heterocycles. The minimum absolute atomic E-state index is 0.110. The lowest BCUT2D eigenvalue weighted by Crippen LogP contribution is -2.47. The molecule has 1 amide bonds. The van der Waals surface area contributed by atoms with Gasteiger partial charge in [-0.15, -0.1) is 0 Å². The van der Waals surface area contributed by atoms with E-state index in [0.717, 1.165) is 32.5 Å². The molecule has 0 atom stereocenters. The van der Waals surface area contributed by atoms with Crippen molar-refractivity contribution in [1.82, 2.24) is 10.2 Å². The number of nitrogens with one attached hydrogen (secondary N) is 1. The first-order chi connectivity index (χ1) is 12.9. The molecule has 0 aliphatic carbocycles. The predicted molar refractivity (Wildman–Crippen MR) is 109 cm³/mol. The maximum Gasteiger partial charge on any atom is 0.263 e. The Morgan fingerprint density at radius 1 is 1.15 bits per heavy atom. The molecule has 2 aromatic carbocycles. The van der Waals surface area contributed by atoms with Gasteiger partial charge in [-0.05, 0) is 62.1 Å². The Kier molecular flexibility index (Phi) is 6.40. The van der Waals surface area contributed by atoms with Crippen LogP contribution >= 0.6 is 11.6 Å². The minimum atomic E-state index is -0.933. The highest BCUT2D eigenvalue weighted by atomic mass is 35.5. The van der Waals surface area contributed by atoms with E-state index in [9.17, 15) is 4.79 Å². The van der Waals surface area contributed by atoms with Gasteiger partial charge in [-0.2, -0.15) is 0 Å². The van der Waals surface area contributed by atoms with Crippen molar-refractivity contribution in [1.29, 1.82) is 0 Å². The summed E-state index contributed by atoms with van der Waals surface area (Å²) >= 11 is 5.88. The molecule has 5 heteroatoms. The third-order valence-electron chi connectivity index (χ3n) is 4.88. The van der Waals surface area contributed by atoms with Gasteiger partial charge in [0.15, 0.2) is 5.60 Å². The summed E-state index contributed by atoms with van der Waals surface area (Å²) in [6, 6.07) is 15.7. The topological polar surface area (TPSA) is 41.6 Å². The third-order valence-corrected chi connectivity index (χ3v) is 5.13. The maximum absolute atomic E-state index is 12.5. The van der Waals surface area contributed by atoms with Crippen LogP contribution in [0.25, 0.3) is 0 Å². The standard InChI is InChI=1S/C22H27ClN2O2/c1-22(2,27-20-10-8-19(23)9-11-20)21(26)24-13-5-14-25-15-12-17-6-3-4-7-18(17)16-25/h3-4,6-11H,5,12-16H2,1-2H3,(H,24,26). The molecule has 0 saturated heterocycles. The number of carbonyl (C=O) groups is 1. The largest absolute Gasteiger partial charge is 0.478 e. The summed E-state index contributed by atoms with van der Waals surface area (Å²) < 4.78 is 5.82. The summed E-state index contributed by atoms with van der Waals surface area (Å²) in [7, 11) is 0. The van der Waals surface area contributed by atoms with E-state index in [4.69, 9.17) is 16.3 Å². The third kappa shape index (κ3) is 5.47. The van der Waals surface area contributed by atoms with Crippen LogP contribution in [0.5, 0.6) is 5.75 Å². The normalized spacial score (nSPS) is 14.5. The number of hydrogen-bond acceptors (Lipinski definition) is 3. The molecule has 0 radical (unpaired) electrons. The van der Waals surface area contributed by atoms with Gasteiger partial charge in [0.1, 0.15) is 5.75 Å². The number of fused-ring (bicyclic) bond motifs is 1. The molecule has 4 nitrogen and oxygen atoms in total. The van der Waals surface area contributed by atoms with E-state index in [-0.39, 0.29) is 5.91 Å². The second-order valence-corrected chi connectivity index (χ2v) is 7.91. The molecule has 144 valence electrons. The monoisotopic (exact) mass is 386 g/mol. The van der Waals surface area contributed by atoms with Crippen LogP contribution in [0, 0.1) is 0 Å². The molecule has 1 N–H and O–H groups in total. The minimum Gasteiger partial charge on any atom is -0.478 e. The second-order valence-electron chi connectivity index (χ2n) is 7.47. The Labute approximate surface area is 166 Å². The van der Waals surface area contributed by atoms with Crippen molar-refractivity contribution < 1.29 is 9.53 Å². The van der Waals surface area contributed by atoms with Crippen molar-refractivity contribution in [3.8, 4) is 5.75 Å². The Morgan fingerprint density at radius 2 is 1.85 bits per heavy atom. The first-order valence-electron chi connectivity index (χ1n) is 9.46. The fourth-order valence-corrected chi connectivity index (χ4v) is 3.43. The van der Waals surface area contributed by atoms with Crippen LogP contribution < -0.4 is 10.1 Å². The van der Waals surface area contributed by atoms with E-state index in [1.54, 1.807) is 38.1 Å². The molecular weight excluding hydrogens is 360 g/mol. The number of halogens is 1. The van der Waals surface area contributed by atoms with E-state index in [1.807, 2.05) is 0 Å². The molecule has 0 bridgehead atoms. The molecule has 2 aromatic rings. The molecular formula is C22H27ClN2O2. The zero-order valence-corrected chi connectivity index (χ0v) is 16.8. The summed E-state index contributed by atoms with van der Waals surface area (Å²) in [4.78, 5) is 14.9. The predicted octanol–water partition coefficient (Wildman–Crippen LogP) is 4.06. The van der Waals surface area contributed by atoms with E-state index < -0.39 is 5.60 Å². The van der Waals surface area contributed by atoms with Crippen molar-refractivity contribution in [3.05, 3.63) is 64.7 Å². The number of nitrogens with zero attached hydrogens (tertiary/aromatic N) is 1. The maximum atomic E-state index is 12.5. The second kappa shape index (κ2) is 8.77. The smallest absolute Gasteiger partial charge is 0.263 e. The molecule has 27 heavy (non-hydrogen) atoms. The summed E-state index contributed by atoms with van der Waals surface area (Å²) in [6.07, 6.45) is 2.02. The van der Waals surface area contributed by atoms with Crippen LogP contribution in [0.4, 0.5) is 0 Å². The molecule has 1 aliphatic rings. The summed E-state index contributed by atoms with van der Waals surface area (Å²) in [5, 5.41) is 3.64. The van der Waals surface area contributed by atoms with Crippen LogP contribution in [0.3, 0.4) is 0 Å². The molecule has 1 aliphatic heterocycles. The van der Waals surface area contributed by atoms with Gasteiger partial charge < -0.3 is 10.1 Å². The van der Waals surface area contributed by atoms with Gasteiger partial charge in [0.25, 0.3) is 5.91 Å². The lowest BCUT2D eigenvalue weighted by Gasteiger charge is -2.29. The highest BCUT2D eigenvalue weighted by Gasteiger charge is 2.29. The van der Waals surface area contributed by atoms with E-state index in [0.29, 0.717) is 17.3 Å². The molecule has 0 fully saturated rings. The van der Waals surface area contributed by atoms with Crippen molar-refractivity contribution in [2.45, 2.75) is 38.8 Å². The van der Waals surface area contributed by atoms with Crippen LogP contribution in [0.2, 0.25) is 5.02 Å². The number of hydrogen-bond donors (Lipinski definition) is 1. The van der Waals surface area contributed by atoms with Gasteiger partial charge in [0.2, 0.25) is 0 Å². The first kappa shape index (κ1) is 19.7. The van der Waals surface area contributed by atoms with Gasteiger partial charge >= 0.3 is 0 Å². The molecule has 1 heterocycles. The Bertz CT molecular complexity index is 774. The van der Waals surface area contributed by atoms with Crippen molar-refractivity contribution in [2.24, 2.45) is 0 Å². The van der Waals surface area contributed by atoms with E-state index in [2.05, 4.69) is 34.5 Å². The van der Waals surface area contributed by atoms with Crippen molar-refractivity contribution in [3.63, 3.8) is 0 Å². The number of amides is 1. The molecule has 0 spiro atoms. The highest BCUT2D eigenvalue weighted by Crippen LogP contribution is 2.21. The van der Waals surface area contributed by atoms with Gasteiger partial charge in [0.05, 0.1) is 0 Å². The van der Waals surface area contributed by atoms with Gasteiger partial charge in [-0.3, -0.25) is 9.69 Å². The van der Waals surface area contributed by atoms with Crippen molar-refractivity contribution in [2.75, 3.05) is 19.6 Å². The van der Waals surface area contributed by atoms with E-state index in [1.165, 1.54) is 11.1 Å². The van der Waals surface area contributed by atoms with Gasteiger partial charge in [-0.25, -0.2) is 0 Å². The lowest BCUT2D eigenvalue weighted by molar-refractivity contribution is -0.134. The highest BCUT2D eigenvalue weighted by molar-refractivity contribution is 6.30. The summed E-state index contributed by atoms with van der Waals surface area (Å²) in [5.74, 6) is 0.521. The van der Waals surface area contributed by atoms with Crippen LogP contribution in [0.1, 0.15) is 31.4 Å². The molecule has 3 rings (SSSR count). The Morgan fingerprint density at radius 3 is 2.59 bits per heavy atom. The number of rotatable bonds is 7. The van der Waals surface area contributed by atoms with E-state index >= 15 is 0 Å². The number of ether oxygens (including phenoxy) is 1. The van der Waals surface area contributed by atoms with Gasteiger partial charge in [-0.1, -0.05) is 35.9 Å². The average molecular weight is 387 g/mol. The zero-order chi connectivity index (χ0) is 19.3. The average Bonchev–Trinajstić information content (AvgIpc) is 2.66. The first-order valence-corrected chi connectivity index (χ1v) is 9.84. The quantitative estimate of drug-likeness (QED) is 0.729. The molecule has 0 saturated carbocycles. The van der Waals surface area contributed by atoms with Gasteiger partial charge in [0, 0.05) is 31.2 Å². The molecule has 0 unspecified atom stereocenters. The summed E-state index contributed by atoms with van der Waals surface area (Å²) in [6.45, 7) is 7.25. The van der Waals surface area contributed by atoms with Crippen LogP contribution in [0.15, 0.2) is 48.5 Å². The Hall–Kier alpha value is -2.04. The number of benzene rings is 2. The van der Waals surface area contributed by atoms with Crippen LogP contribution in [-0.4, -0.2) is 36.0 Å². The summed E-state index contributed by atoms with van der Waals surface area (Å²) in [5.41, 5.74) is 1.95.